The molecule has 1 fully saturated rings. The maximum Gasteiger partial charge on any atom is 0.294 e. The van der Waals surface area contributed by atoms with E-state index in [1.54, 1.807) is 25.1 Å². The molecule has 144 valence electrons. The molecule has 1 saturated heterocycles. The van der Waals surface area contributed by atoms with Gasteiger partial charge >= 0.3 is 0 Å². The Kier molecular flexibility index (Phi) is 6.22. The van der Waals surface area contributed by atoms with Crippen molar-refractivity contribution < 1.29 is 18.8 Å². The number of thioether (sulfide) groups is 1. The largest absolute Gasteiger partial charge is 0.324 e. The second-order valence-corrected chi connectivity index (χ2v) is 8.23. The van der Waals surface area contributed by atoms with Crippen LogP contribution in [0.5, 0.6) is 0 Å². The standard InChI is InChI=1S/C19H13BrClFN2O3S/c1-10-2-4-12(21)8-15(10)23-17(25)9-24-18(26)16(28-19(24)27)7-11-3-5-14(22)13(20)6-11/h2-8H,9H2,1H3,(H,23,25)/b16-7+. The zero-order chi connectivity index (χ0) is 20.4. The molecule has 28 heavy (non-hydrogen) atoms. The van der Waals surface area contributed by atoms with E-state index in [0.29, 0.717) is 16.3 Å². The zero-order valence-corrected chi connectivity index (χ0v) is 17.6. The van der Waals surface area contributed by atoms with Crippen molar-refractivity contribution in [2.24, 2.45) is 0 Å². The third-order valence-electron chi connectivity index (χ3n) is 3.89. The number of aryl methyl sites for hydroxylation is 1. The minimum atomic E-state index is -0.576. The van der Waals surface area contributed by atoms with Crippen LogP contribution in [0.2, 0.25) is 5.02 Å². The molecule has 5 nitrogen and oxygen atoms in total. The minimum Gasteiger partial charge on any atom is -0.324 e. The molecule has 0 aromatic heterocycles. The summed E-state index contributed by atoms with van der Waals surface area (Å²) >= 11 is 9.73. The second-order valence-electron chi connectivity index (χ2n) is 5.95. The number of amides is 3. The third kappa shape index (κ3) is 4.63. The molecular weight excluding hydrogens is 471 g/mol. The molecule has 3 rings (SSSR count). The highest BCUT2D eigenvalue weighted by atomic mass is 79.9. The van der Waals surface area contributed by atoms with Crippen LogP contribution < -0.4 is 5.32 Å². The monoisotopic (exact) mass is 482 g/mol. The van der Waals surface area contributed by atoms with Crippen molar-refractivity contribution in [3.63, 3.8) is 0 Å². The molecule has 0 radical (unpaired) electrons. The van der Waals surface area contributed by atoms with Gasteiger partial charge in [-0.25, -0.2) is 4.39 Å². The molecule has 0 saturated carbocycles. The van der Waals surface area contributed by atoms with Crippen LogP contribution >= 0.6 is 39.3 Å². The summed E-state index contributed by atoms with van der Waals surface area (Å²) in [6.07, 6.45) is 1.48. The summed E-state index contributed by atoms with van der Waals surface area (Å²) in [4.78, 5) is 38.0. The summed E-state index contributed by atoms with van der Waals surface area (Å²) in [7, 11) is 0. The number of anilines is 1. The number of carbonyl (C=O) groups is 3. The van der Waals surface area contributed by atoms with Crippen molar-refractivity contribution in [2.75, 3.05) is 11.9 Å². The van der Waals surface area contributed by atoms with Gasteiger partial charge in [-0.2, -0.15) is 0 Å². The zero-order valence-electron chi connectivity index (χ0n) is 14.5. The maximum absolute atomic E-state index is 13.3. The number of benzene rings is 2. The van der Waals surface area contributed by atoms with Crippen LogP contribution in [0.15, 0.2) is 45.8 Å². The van der Waals surface area contributed by atoms with Gasteiger partial charge in [0.05, 0.1) is 9.38 Å². The first-order chi connectivity index (χ1) is 13.2. The van der Waals surface area contributed by atoms with E-state index in [0.717, 1.165) is 22.2 Å². The summed E-state index contributed by atoms with van der Waals surface area (Å²) in [6, 6.07) is 9.28. The quantitative estimate of drug-likeness (QED) is 0.605. The molecule has 0 unspecified atom stereocenters. The average Bonchev–Trinajstić information content (AvgIpc) is 2.89. The van der Waals surface area contributed by atoms with Crippen molar-refractivity contribution in [2.45, 2.75) is 6.92 Å². The van der Waals surface area contributed by atoms with E-state index in [2.05, 4.69) is 21.2 Å². The Hall–Kier alpha value is -2.16. The Morgan fingerprint density at radius 1 is 1.29 bits per heavy atom. The van der Waals surface area contributed by atoms with Crippen LogP contribution in [0.3, 0.4) is 0 Å². The highest BCUT2D eigenvalue weighted by Crippen LogP contribution is 2.32. The molecule has 0 aliphatic carbocycles. The van der Waals surface area contributed by atoms with E-state index in [1.807, 2.05) is 0 Å². The van der Waals surface area contributed by atoms with Crippen LogP contribution in [0.4, 0.5) is 14.9 Å². The van der Waals surface area contributed by atoms with Gasteiger partial charge in [0.15, 0.2) is 0 Å². The normalized spacial score (nSPS) is 15.4. The van der Waals surface area contributed by atoms with Crippen molar-refractivity contribution in [1.29, 1.82) is 0 Å². The predicted molar refractivity (Wildman–Crippen MR) is 112 cm³/mol. The van der Waals surface area contributed by atoms with Crippen LogP contribution in [-0.2, 0) is 9.59 Å². The molecule has 3 amide bonds. The van der Waals surface area contributed by atoms with Gasteiger partial charge in [0.2, 0.25) is 5.91 Å². The summed E-state index contributed by atoms with van der Waals surface area (Å²) in [5, 5.41) is 2.56. The molecule has 0 bridgehead atoms. The van der Waals surface area contributed by atoms with Crippen molar-refractivity contribution in [3.8, 4) is 0 Å². The van der Waals surface area contributed by atoms with E-state index < -0.39 is 29.4 Å². The summed E-state index contributed by atoms with van der Waals surface area (Å²) in [6.45, 7) is 1.39. The fourth-order valence-electron chi connectivity index (χ4n) is 2.45. The predicted octanol–water partition coefficient (Wildman–Crippen LogP) is 5.23. The molecule has 0 spiro atoms. The van der Waals surface area contributed by atoms with Crippen LogP contribution in [0.25, 0.3) is 6.08 Å². The fourth-order valence-corrected chi connectivity index (χ4v) is 3.86. The molecule has 0 atom stereocenters. The minimum absolute atomic E-state index is 0.162. The number of hydrogen-bond donors (Lipinski definition) is 1. The third-order valence-corrected chi connectivity index (χ3v) is 5.64. The van der Waals surface area contributed by atoms with Gasteiger partial charge in [-0.1, -0.05) is 23.7 Å². The first-order valence-corrected chi connectivity index (χ1v) is 10.00. The molecule has 2 aromatic carbocycles. The van der Waals surface area contributed by atoms with Crippen LogP contribution in [-0.4, -0.2) is 28.5 Å². The number of rotatable bonds is 4. The molecule has 1 heterocycles. The lowest BCUT2D eigenvalue weighted by Gasteiger charge is -2.13. The first kappa shape index (κ1) is 20.6. The van der Waals surface area contributed by atoms with Gasteiger partial charge in [0.25, 0.3) is 11.1 Å². The Bertz CT molecular complexity index is 1030. The fraction of sp³-hybridized carbons (Fsp3) is 0.105. The highest BCUT2D eigenvalue weighted by molar-refractivity contribution is 9.10. The first-order valence-electron chi connectivity index (χ1n) is 8.01. The van der Waals surface area contributed by atoms with E-state index in [4.69, 9.17) is 11.6 Å². The average molecular weight is 484 g/mol. The topological polar surface area (TPSA) is 66.5 Å². The van der Waals surface area contributed by atoms with Gasteiger partial charge in [-0.05, 0) is 76.1 Å². The Balaban J connectivity index is 1.72. The van der Waals surface area contributed by atoms with Crippen molar-refractivity contribution >= 4 is 68.1 Å². The molecule has 1 aliphatic heterocycles. The van der Waals surface area contributed by atoms with Crippen molar-refractivity contribution in [1.82, 2.24) is 4.90 Å². The smallest absolute Gasteiger partial charge is 0.294 e. The van der Waals surface area contributed by atoms with Crippen LogP contribution in [0.1, 0.15) is 11.1 Å². The molecular formula is C19H13BrClFN2O3S. The Labute approximate surface area is 178 Å². The molecule has 1 N–H and O–H groups in total. The van der Waals surface area contributed by atoms with Gasteiger partial charge in [0, 0.05) is 10.7 Å². The summed E-state index contributed by atoms with van der Waals surface area (Å²) in [5.74, 6) is -1.52. The molecule has 1 aliphatic rings. The second kappa shape index (κ2) is 8.46. The van der Waals surface area contributed by atoms with Gasteiger partial charge in [-0.15, -0.1) is 0 Å². The van der Waals surface area contributed by atoms with Gasteiger partial charge in [0.1, 0.15) is 12.4 Å². The lowest BCUT2D eigenvalue weighted by atomic mass is 10.2. The number of hydrogen-bond acceptors (Lipinski definition) is 4. The van der Waals surface area contributed by atoms with E-state index in [1.165, 1.54) is 24.3 Å². The lowest BCUT2D eigenvalue weighted by Crippen LogP contribution is -2.36. The maximum atomic E-state index is 13.3. The highest BCUT2D eigenvalue weighted by Gasteiger charge is 2.36. The van der Waals surface area contributed by atoms with E-state index in [-0.39, 0.29) is 9.38 Å². The molecule has 2 aromatic rings. The van der Waals surface area contributed by atoms with Gasteiger partial charge < -0.3 is 5.32 Å². The number of nitrogens with one attached hydrogen (secondary N) is 1. The Morgan fingerprint density at radius 2 is 2.04 bits per heavy atom. The Morgan fingerprint density at radius 3 is 2.75 bits per heavy atom. The molecule has 9 heteroatoms. The lowest BCUT2D eigenvalue weighted by molar-refractivity contribution is -0.127. The number of halogens is 3. The van der Waals surface area contributed by atoms with Gasteiger partial charge in [-0.3, -0.25) is 19.3 Å². The summed E-state index contributed by atoms with van der Waals surface area (Å²) in [5.41, 5.74) is 1.86. The number of carbonyl (C=O) groups excluding carboxylic acids is 3. The van der Waals surface area contributed by atoms with E-state index >= 15 is 0 Å². The van der Waals surface area contributed by atoms with E-state index in [9.17, 15) is 18.8 Å². The SMILES string of the molecule is Cc1ccc(Cl)cc1NC(=O)CN1C(=O)S/C(=C/c2ccc(F)c(Br)c2)C1=O. The number of imide groups is 1. The van der Waals surface area contributed by atoms with Crippen LogP contribution in [0, 0.1) is 12.7 Å². The number of nitrogens with zero attached hydrogens (tertiary/aromatic N) is 1. The van der Waals surface area contributed by atoms with Crippen molar-refractivity contribution in [3.05, 3.63) is 67.7 Å². The summed E-state index contributed by atoms with van der Waals surface area (Å²) < 4.78 is 13.6.